The summed E-state index contributed by atoms with van der Waals surface area (Å²) in [5.74, 6) is -2.18. The van der Waals surface area contributed by atoms with Gasteiger partial charge >= 0.3 is 0 Å². The number of alkyl halides is 2. The van der Waals surface area contributed by atoms with E-state index in [0.29, 0.717) is 22.5 Å². The van der Waals surface area contributed by atoms with Crippen LogP contribution in [0.15, 0.2) is 23.1 Å². The van der Waals surface area contributed by atoms with Gasteiger partial charge in [0.05, 0.1) is 29.8 Å². The molecule has 2 unspecified atom stereocenters. The quantitative estimate of drug-likeness (QED) is 0.523. The van der Waals surface area contributed by atoms with Crippen LogP contribution in [0.1, 0.15) is 19.8 Å². The number of aromatic nitrogens is 3. The molecule has 176 valence electrons. The number of anilines is 1. The summed E-state index contributed by atoms with van der Waals surface area (Å²) in [5, 5.41) is 3.85. The van der Waals surface area contributed by atoms with Gasteiger partial charge in [-0.15, -0.1) is 0 Å². The molecule has 1 aliphatic carbocycles. The Balaban J connectivity index is 1.81. The maximum atomic E-state index is 13.7. The molecule has 0 saturated heterocycles. The summed E-state index contributed by atoms with van der Waals surface area (Å²) in [7, 11) is 4.44. The number of nitrogens with one attached hydrogen (secondary N) is 1. The fourth-order valence-corrected chi connectivity index (χ4v) is 4.90. The highest BCUT2D eigenvalue weighted by molar-refractivity contribution is 6.41. The summed E-state index contributed by atoms with van der Waals surface area (Å²) in [5.41, 5.74) is 0.402. The number of aryl methyl sites for hydroxylation is 1. The maximum Gasteiger partial charge on any atom is 0.259 e. The van der Waals surface area contributed by atoms with Gasteiger partial charge in [-0.2, -0.15) is 4.98 Å². The van der Waals surface area contributed by atoms with Crippen LogP contribution in [-0.4, -0.2) is 40.7 Å². The molecule has 4 rings (SSSR count). The van der Waals surface area contributed by atoms with Crippen molar-refractivity contribution in [2.45, 2.75) is 31.7 Å². The van der Waals surface area contributed by atoms with E-state index >= 15 is 0 Å². The second kappa shape index (κ2) is 8.61. The molecular formula is C22H22Cl2F2N4O3. The normalized spacial score (nSPS) is 19.6. The lowest BCUT2D eigenvalue weighted by molar-refractivity contribution is 0.00528. The van der Waals surface area contributed by atoms with Crippen LogP contribution in [-0.2, 0) is 7.05 Å². The Bertz CT molecular complexity index is 1270. The number of ether oxygens (including phenoxy) is 2. The standard InChI is InChI=1S/C22H22Cl2F2N4O3/c1-10-7-22(25,26)8-13(10)28-21-27-9-11-5-12(20(31)30(2)19(11)29-21)16-17(23)14(32-3)6-15(33-4)18(16)24/h5-6,9-10,13H,7-8H2,1-4H3,(H,27,28,29). The van der Waals surface area contributed by atoms with Crippen LogP contribution in [0.3, 0.4) is 0 Å². The van der Waals surface area contributed by atoms with Crippen molar-refractivity contribution in [1.29, 1.82) is 0 Å². The van der Waals surface area contributed by atoms with Crippen LogP contribution in [0.2, 0.25) is 10.0 Å². The van der Waals surface area contributed by atoms with Gasteiger partial charge in [0.25, 0.3) is 5.56 Å². The van der Waals surface area contributed by atoms with Crippen molar-refractivity contribution in [1.82, 2.24) is 14.5 Å². The first-order valence-electron chi connectivity index (χ1n) is 10.2. The molecule has 3 aromatic rings. The second-order valence-electron chi connectivity index (χ2n) is 8.17. The summed E-state index contributed by atoms with van der Waals surface area (Å²) >= 11 is 13.0. The van der Waals surface area contributed by atoms with E-state index in [0.717, 1.165) is 0 Å². The third-order valence-electron chi connectivity index (χ3n) is 5.93. The molecule has 11 heteroatoms. The van der Waals surface area contributed by atoms with Gasteiger partial charge in [0.1, 0.15) is 17.1 Å². The molecule has 2 aromatic heterocycles. The Morgan fingerprint density at radius 3 is 2.33 bits per heavy atom. The van der Waals surface area contributed by atoms with Crippen LogP contribution < -0.4 is 20.3 Å². The fraction of sp³-hybridized carbons (Fsp3) is 0.409. The van der Waals surface area contributed by atoms with Crippen LogP contribution in [0.4, 0.5) is 14.7 Å². The monoisotopic (exact) mass is 498 g/mol. The van der Waals surface area contributed by atoms with E-state index in [1.54, 1.807) is 20.0 Å². The molecule has 0 amide bonds. The smallest absolute Gasteiger partial charge is 0.259 e. The molecule has 2 heterocycles. The van der Waals surface area contributed by atoms with Gasteiger partial charge in [-0.05, 0) is 12.0 Å². The molecule has 33 heavy (non-hydrogen) atoms. The number of halogens is 4. The van der Waals surface area contributed by atoms with Gasteiger partial charge in [-0.25, -0.2) is 13.8 Å². The Labute approximate surface area is 198 Å². The van der Waals surface area contributed by atoms with E-state index < -0.39 is 17.5 Å². The van der Waals surface area contributed by atoms with Gasteiger partial charge in [0, 0.05) is 49.1 Å². The zero-order valence-corrected chi connectivity index (χ0v) is 19.9. The van der Waals surface area contributed by atoms with Crippen molar-refractivity contribution in [3.8, 4) is 22.6 Å². The van der Waals surface area contributed by atoms with Crippen molar-refractivity contribution in [3.63, 3.8) is 0 Å². The van der Waals surface area contributed by atoms with E-state index in [4.69, 9.17) is 32.7 Å². The second-order valence-corrected chi connectivity index (χ2v) is 8.93. The van der Waals surface area contributed by atoms with Crippen LogP contribution in [0.25, 0.3) is 22.2 Å². The predicted molar refractivity (Wildman–Crippen MR) is 124 cm³/mol. The van der Waals surface area contributed by atoms with Gasteiger partial charge in [0.15, 0.2) is 0 Å². The van der Waals surface area contributed by atoms with E-state index in [2.05, 4.69) is 15.3 Å². The lowest BCUT2D eigenvalue weighted by atomic mass is 10.0. The van der Waals surface area contributed by atoms with Crippen LogP contribution >= 0.6 is 23.2 Å². The first-order valence-corrected chi connectivity index (χ1v) is 10.9. The number of benzene rings is 1. The average Bonchev–Trinajstić information content (AvgIpc) is 3.03. The first kappa shape index (κ1) is 23.5. The lowest BCUT2D eigenvalue weighted by Gasteiger charge is -2.18. The zero-order valence-electron chi connectivity index (χ0n) is 18.4. The Hall–Kier alpha value is -2.65. The van der Waals surface area contributed by atoms with Gasteiger partial charge < -0.3 is 14.8 Å². The highest BCUT2D eigenvalue weighted by atomic mass is 35.5. The highest BCUT2D eigenvalue weighted by Crippen LogP contribution is 2.45. The van der Waals surface area contributed by atoms with Crippen LogP contribution in [0.5, 0.6) is 11.5 Å². The molecule has 0 radical (unpaired) electrons. The molecule has 0 bridgehead atoms. The molecule has 0 aliphatic heterocycles. The molecule has 1 N–H and O–H groups in total. The summed E-state index contributed by atoms with van der Waals surface area (Å²) in [6.45, 7) is 1.76. The largest absolute Gasteiger partial charge is 0.495 e. The van der Waals surface area contributed by atoms with Crippen molar-refractivity contribution >= 4 is 40.2 Å². The van der Waals surface area contributed by atoms with Crippen molar-refractivity contribution in [3.05, 3.63) is 38.7 Å². The highest BCUT2D eigenvalue weighted by Gasteiger charge is 2.44. The lowest BCUT2D eigenvalue weighted by Crippen LogP contribution is -2.25. The topological polar surface area (TPSA) is 78.3 Å². The average molecular weight is 499 g/mol. The first-order chi connectivity index (χ1) is 15.6. The van der Waals surface area contributed by atoms with E-state index in [1.165, 1.54) is 31.0 Å². The minimum absolute atomic E-state index is 0.162. The molecule has 1 fully saturated rings. The Morgan fingerprint density at radius 2 is 1.79 bits per heavy atom. The Morgan fingerprint density at radius 1 is 1.15 bits per heavy atom. The Kier molecular flexibility index (Phi) is 6.13. The number of nitrogens with zero attached hydrogens (tertiary/aromatic N) is 3. The number of methoxy groups -OCH3 is 2. The zero-order chi connectivity index (χ0) is 24.1. The number of pyridine rings is 1. The minimum Gasteiger partial charge on any atom is -0.495 e. The van der Waals surface area contributed by atoms with Crippen molar-refractivity contribution in [2.24, 2.45) is 13.0 Å². The van der Waals surface area contributed by atoms with Crippen molar-refractivity contribution < 1.29 is 18.3 Å². The number of hydrogen-bond donors (Lipinski definition) is 1. The van der Waals surface area contributed by atoms with Gasteiger partial charge in [-0.3, -0.25) is 9.36 Å². The molecule has 7 nitrogen and oxygen atoms in total. The summed E-state index contributed by atoms with van der Waals surface area (Å²) in [6, 6.07) is 2.66. The number of fused-ring (bicyclic) bond motifs is 1. The third-order valence-corrected chi connectivity index (χ3v) is 6.68. The molecule has 0 spiro atoms. The molecule has 1 aromatic carbocycles. The van der Waals surface area contributed by atoms with E-state index in [1.807, 2.05) is 0 Å². The molecule has 2 atom stereocenters. The van der Waals surface area contributed by atoms with Crippen LogP contribution in [0, 0.1) is 5.92 Å². The predicted octanol–water partition coefficient (Wildman–Crippen LogP) is 5.17. The van der Waals surface area contributed by atoms with Gasteiger partial charge in [-0.1, -0.05) is 30.1 Å². The molecule has 1 saturated carbocycles. The van der Waals surface area contributed by atoms with E-state index in [9.17, 15) is 13.6 Å². The van der Waals surface area contributed by atoms with Crippen molar-refractivity contribution in [2.75, 3.05) is 19.5 Å². The number of hydrogen-bond acceptors (Lipinski definition) is 6. The fourth-order valence-electron chi connectivity index (χ4n) is 4.20. The molecular weight excluding hydrogens is 477 g/mol. The minimum atomic E-state index is -2.72. The van der Waals surface area contributed by atoms with E-state index in [-0.39, 0.29) is 45.9 Å². The van der Waals surface area contributed by atoms with Gasteiger partial charge in [0.2, 0.25) is 11.9 Å². The number of rotatable bonds is 5. The SMILES string of the molecule is COc1cc(OC)c(Cl)c(-c2cc3cnc(NC4CC(F)(F)CC4C)nc3n(C)c2=O)c1Cl. The summed E-state index contributed by atoms with van der Waals surface area (Å²) in [4.78, 5) is 21.9. The third kappa shape index (κ3) is 4.19. The summed E-state index contributed by atoms with van der Waals surface area (Å²) < 4.78 is 39.4. The summed E-state index contributed by atoms with van der Waals surface area (Å²) in [6.07, 6.45) is 1.04. The molecule has 1 aliphatic rings. The maximum absolute atomic E-state index is 13.7.